The van der Waals surface area contributed by atoms with Crippen molar-refractivity contribution in [2.75, 3.05) is 32.8 Å². The molecule has 2 aromatic carbocycles. The molecule has 2 heterocycles. The van der Waals surface area contributed by atoms with E-state index in [0.29, 0.717) is 12.5 Å². The Bertz CT molecular complexity index is 1020. The molecular formula is C26H36IN5O. The maximum absolute atomic E-state index is 5.98. The first-order valence-electron chi connectivity index (χ1n) is 11.8. The normalized spacial score (nSPS) is 16.2. The Balaban J connectivity index is 0.00000306. The molecule has 3 aromatic rings. The van der Waals surface area contributed by atoms with E-state index in [1.807, 2.05) is 12.1 Å². The highest BCUT2D eigenvalue weighted by Gasteiger charge is 2.25. The Morgan fingerprint density at radius 3 is 2.76 bits per heavy atom. The molecule has 6 nitrogen and oxygen atoms in total. The van der Waals surface area contributed by atoms with E-state index in [-0.39, 0.29) is 24.0 Å². The monoisotopic (exact) mass is 561 g/mol. The van der Waals surface area contributed by atoms with Gasteiger partial charge >= 0.3 is 0 Å². The number of ether oxygens (including phenoxy) is 1. The van der Waals surface area contributed by atoms with Gasteiger partial charge in [0.25, 0.3) is 0 Å². The number of rotatable bonds is 9. The molecule has 0 saturated carbocycles. The summed E-state index contributed by atoms with van der Waals surface area (Å²) in [5.41, 5.74) is 3.51. The highest BCUT2D eigenvalue weighted by molar-refractivity contribution is 14.0. The molecule has 1 saturated heterocycles. The predicted molar refractivity (Wildman–Crippen MR) is 146 cm³/mol. The van der Waals surface area contributed by atoms with Crippen molar-refractivity contribution in [2.45, 2.75) is 39.8 Å². The summed E-state index contributed by atoms with van der Waals surface area (Å²) in [6.07, 6.45) is 2.15. The summed E-state index contributed by atoms with van der Waals surface area (Å²) < 4.78 is 8.28. The van der Waals surface area contributed by atoms with E-state index in [1.54, 1.807) is 0 Å². The zero-order valence-electron chi connectivity index (χ0n) is 19.7. The van der Waals surface area contributed by atoms with E-state index < -0.39 is 0 Å². The quantitative estimate of drug-likeness (QED) is 0.176. The summed E-state index contributed by atoms with van der Waals surface area (Å²) >= 11 is 0. The zero-order valence-corrected chi connectivity index (χ0v) is 22.1. The van der Waals surface area contributed by atoms with Crippen molar-refractivity contribution in [1.82, 2.24) is 19.8 Å². The number of nitrogens with one attached hydrogen (secondary N) is 1. The van der Waals surface area contributed by atoms with Crippen LogP contribution in [-0.2, 0) is 17.9 Å². The second-order valence-corrected chi connectivity index (χ2v) is 8.49. The average Bonchev–Trinajstić information content (AvgIpc) is 3.41. The van der Waals surface area contributed by atoms with Crippen LogP contribution in [0.1, 0.15) is 31.2 Å². The van der Waals surface area contributed by atoms with Crippen molar-refractivity contribution < 1.29 is 4.74 Å². The third kappa shape index (κ3) is 6.93. The maximum Gasteiger partial charge on any atom is 0.193 e. The third-order valence-electron chi connectivity index (χ3n) is 6.03. The lowest BCUT2D eigenvalue weighted by atomic mass is 10.1. The second kappa shape index (κ2) is 12.9. The highest BCUT2D eigenvalue weighted by atomic mass is 127. The van der Waals surface area contributed by atoms with Gasteiger partial charge in [-0.2, -0.15) is 0 Å². The van der Waals surface area contributed by atoms with Gasteiger partial charge in [-0.1, -0.05) is 42.5 Å². The van der Waals surface area contributed by atoms with Crippen molar-refractivity contribution >= 4 is 41.0 Å². The summed E-state index contributed by atoms with van der Waals surface area (Å²) in [4.78, 5) is 12.0. The number of benzene rings is 2. The fourth-order valence-corrected chi connectivity index (χ4v) is 4.40. The van der Waals surface area contributed by atoms with E-state index in [4.69, 9.17) is 9.73 Å². The SMILES string of the molecule is CCNC(=NCCCn1c(C)nc2ccccc21)N1CCC(COCc2ccccc2)C1.I. The number of nitrogens with zero attached hydrogens (tertiary/aromatic N) is 4. The van der Waals surface area contributed by atoms with Crippen LogP contribution in [0.25, 0.3) is 11.0 Å². The van der Waals surface area contributed by atoms with Crippen molar-refractivity contribution in [3.8, 4) is 0 Å². The van der Waals surface area contributed by atoms with Gasteiger partial charge in [-0.05, 0) is 44.4 Å². The third-order valence-corrected chi connectivity index (χ3v) is 6.03. The lowest BCUT2D eigenvalue weighted by molar-refractivity contribution is 0.0907. The Hall–Kier alpha value is -2.13. The van der Waals surface area contributed by atoms with Crippen LogP contribution in [0.15, 0.2) is 59.6 Å². The molecule has 1 N–H and O–H groups in total. The van der Waals surface area contributed by atoms with Gasteiger partial charge in [0.1, 0.15) is 5.82 Å². The van der Waals surface area contributed by atoms with E-state index in [1.165, 1.54) is 11.1 Å². The van der Waals surface area contributed by atoms with Crippen LogP contribution >= 0.6 is 24.0 Å². The van der Waals surface area contributed by atoms with Gasteiger partial charge in [-0.3, -0.25) is 4.99 Å². The van der Waals surface area contributed by atoms with E-state index >= 15 is 0 Å². The van der Waals surface area contributed by atoms with Gasteiger partial charge < -0.3 is 19.5 Å². The number of guanidine groups is 1. The summed E-state index contributed by atoms with van der Waals surface area (Å²) in [5, 5.41) is 3.48. The Morgan fingerprint density at radius 1 is 1.15 bits per heavy atom. The fraction of sp³-hybridized carbons (Fsp3) is 0.462. The molecule has 178 valence electrons. The largest absolute Gasteiger partial charge is 0.376 e. The lowest BCUT2D eigenvalue weighted by Gasteiger charge is -2.21. The molecule has 1 unspecified atom stereocenters. The van der Waals surface area contributed by atoms with Gasteiger partial charge in [0, 0.05) is 38.6 Å². The Labute approximate surface area is 214 Å². The van der Waals surface area contributed by atoms with Crippen molar-refractivity contribution in [2.24, 2.45) is 10.9 Å². The van der Waals surface area contributed by atoms with Gasteiger partial charge in [0.2, 0.25) is 0 Å². The molecular weight excluding hydrogens is 525 g/mol. The highest BCUT2D eigenvalue weighted by Crippen LogP contribution is 2.18. The van der Waals surface area contributed by atoms with E-state index in [2.05, 4.69) is 76.1 Å². The number of hydrogen-bond donors (Lipinski definition) is 1. The number of likely N-dealkylation sites (tertiary alicyclic amines) is 1. The summed E-state index contributed by atoms with van der Waals surface area (Å²) in [6.45, 7) is 10.4. The molecule has 0 radical (unpaired) electrons. The number of aryl methyl sites for hydroxylation is 2. The average molecular weight is 562 g/mol. The number of hydrogen-bond acceptors (Lipinski definition) is 3. The molecule has 1 aromatic heterocycles. The first kappa shape index (κ1) is 25.5. The lowest BCUT2D eigenvalue weighted by Crippen LogP contribution is -2.40. The molecule has 0 amide bonds. The van der Waals surface area contributed by atoms with Crippen LogP contribution in [0.4, 0.5) is 0 Å². The molecule has 0 aliphatic carbocycles. The first-order chi connectivity index (χ1) is 15.7. The number of imidazole rings is 1. The fourth-order valence-electron chi connectivity index (χ4n) is 4.40. The molecule has 1 aliphatic heterocycles. The predicted octanol–water partition coefficient (Wildman–Crippen LogP) is 4.86. The molecule has 4 rings (SSSR count). The molecule has 1 fully saturated rings. The van der Waals surface area contributed by atoms with Crippen LogP contribution in [0.2, 0.25) is 0 Å². The van der Waals surface area contributed by atoms with Crippen LogP contribution in [0.3, 0.4) is 0 Å². The smallest absolute Gasteiger partial charge is 0.193 e. The molecule has 1 atom stereocenters. The minimum Gasteiger partial charge on any atom is -0.376 e. The van der Waals surface area contributed by atoms with Gasteiger partial charge in [-0.15, -0.1) is 24.0 Å². The molecule has 7 heteroatoms. The topological polar surface area (TPSA) is 54.7 Å². The van der Waals surface area contributed by atoms with E-state index in [9.17, 15) is 0 Å². The van der Waals surface area contributed by atoms with Gasteiger partial charge in [0.15, 0.2) is 5.96 Å². The van der Waals surface area contributed by atoms with E-state index in [0.717, 1.165) is 69.5 Å². The number of para-hydroxylation sites is 2. The second-order valence-electron chi connectivity index (χ2n) is 8.49. The number of fused-ring (bicyclic) bond motifs is 1. The summed E-state index contributed by atoms with van der Waals surface area (Å²) in [7, 11) is 0. The summed E-state index contributed by atoms with van der Waals surface area (Å²) in [6, 6.07) is 18.7. The molecule has 33 heavy (non-hydrogen) atoms. The Kier molecular flexibility index (Phi) is 9.99. The maximum atomic E-state index is 5.98. The minimum absolute atomic E-state index is 0. The minimum atomic E-state index is 0. The Morgan fingerprint density at radius 2 is 1.94 bits per heavy atom. The first-order valence-corrected chi connectivity index (χ1v) is 11.8. The van der Waals surface area contributed by atoms with Crippen LogP contribution in [0, 0.1) is 12.8 Å². The van der Waals surface area contributed by atoms with Crippen LogP contribution in [-0.4, -0.2) is 53.2 Å². The molecule has 0 bridgehead atoms. The number of aliphatic imine (C=N–C) groups is 1. The van der Waals surface area contributed by atoms with Gasteiger partial charge in [-0.25, -0.2) is 4.98 Å². The van der Waals surface area contributed by atoms with Crippen molar-refractivity contribution in [3.63, 3.8) is 0 Å². The zero-order chi connectivity index (χ0) is 22.2. The molecule has 1 aliphatic rings. The van der Waals surface area contributed by atoms with Crippen LogP contribution < -0.4 is 5.32 Å². The van der Waals surface area contributed by atoms with Gasteiger partial charge in [0.05, 0.1) is 24.2 Å². The number of halogens is 1. The van der Waals surface area contributed by atoms with Crippen LogP contribution in [0.5, 0.6) is 0 Å². The van der Waals surface area contributed by atoms with Crippen molar-refractivity contribution in [1.29, 1.82) is 0 Å². The number of aromatic nitrogens is 2. The molecule has 0 spiro atoms. The van der Waals surface area contributed by atoms with Crippen molar-refractivity contribution in [3.05, 3.63) is 66.0 Å². The standard InChI is InChI=1S/C26H35N5O.HI/c1-3-27-26(28-15-9-16-31-21(2)29-24-12-7-8-13-25(24)31)30-17-14-23(18-30)20-32-19-22-10-5-4-6-11-22;/h4-8,10-13,23H,3,9,14-20H2,1-2H3,(H,27,28);1H. The summed E-state index contributed by atoms with van der Waals surface area (Å²) in [5.74, 6) is 2.66.